The molecule has 0 atom stereocenters. The lowest BCUT2D eigenvalue weighted by atomic mass is 10.1. The van der Waals surface area contributed by atoms with Gasteiger partial charge in [0, 0.05) is 18.1 Å². The lowest BCUT2D eigenvalue weighted by Gasteiger charge is -2.07. The molecule has 0 aliphatic rings. The maximum absolute atomic E-state index is 12.0. The van der Waals surface area contributed by atoms with Crippen LogP contribution in [0.4, 0.5) is 5.69 Å². The van der Waals surface area contributed by atoms with Gasteiger partial charge >= 0.3 is 0 Å². The van der Waals surface area contributed by atoms with Crippen LogP contribution in [0.2, 0.25) is 0 Å². The lowest BCUT2D eigenvalue weighted by Crippen LogP contribution is -2.13. The molecule has 0 unspecified atom stereocenters. The second-order valence-corrected chi connectivity index (χ2v) is 4.01. The number of anilines is 1. The molecule has 0 radical (unpaired) electrons. The second kappa shape index (κ2) is 4.78. The molecule has 1 aromatic carbocycles. The fraction of sp³-hybridized carbons (Fsp3) is 0.143. The molecule has 1 N–H and O–H groups in total. The summed E-state index contributed by atoms with van der Waals surface area (Å²) >= 11 is 0. The summed E-state index contributed by atoms with van der Waals surface area (Å²) in [6, 6.07) is 9.53. The van der Waals surface area contributed by atoms with Crippen LogP contribution in [0.15, 0.2) is 42.7 Å². The fourth-order valence-electron chi connectivity index (χ4n) is 1.54. The minimum atomic E-state index is -0.126. The Morgan fingerprint density at radius 1 is 1.12 bits per heavy atom. The third-order valence-electron chi connectivity index (χ3n) is 2.59. The van der Waals surface area contributed by atoms with Gasteiger partial charge in [-0.15, -0.1) is 0 Å². The number of carbonyl (C=O) groups is 1. The molecule has 1 aromatic heterocycles. The van der Waals surface area contributed by atoms with Crippen LogP contribution in [-0.4, -0.2) is 10.9 Å². The van der Waals surface area contributed by atoms with Gasteiger partial charge in [0.05, 0.1) is 5.56 Å². The van der Waals surface area contributed by atoms with Crippen LogP contribution in [0.1, 0.15) is 21.5 Å². The van der Waals surface area contributed by atoms with E-state index in [1.165, 1.54) is 5.56 Å². The first-order valence-electron chi connectivity index (χ1n) is 5.45. The highest BCUT2D eigenvalue weighted by molar-refractivity contribution is 6.05. The van der Waals surface area contributed by atoms with Gasteiger partial charge < -0.3 is 5.32 Å². The zero-order valence-electron chi connectivity index (χ0n) is 9.90. The van der Waals surface area contributed by atoms with E-state index in [4.69, 9.17) is 0 Å². The number of aromatic nitrogens is 1. The number of nitrogens with zero attached hydrogens (tertiary/aromatic N) is 1. The molecule has 0 bridgehead atoms. The number of aryl methyl sites for hydroxylation is 2. The molecule has 0 saturated carbocycles. The highest BCUT2D eigenvalue weighted by Crippen LogP contribution is 2.12. The second-order valence-electron chi connectivity index (χ2n) is 4.01. The van der Waals surface area contributed by atoms with Crippen molar-refractivity contribution in [3.8, 4) is 0 Å². The summed E-state index contributed by atoms with van der Waals surface area (Å²) in [4.78, 5) is 15.9. The summed E-state index contributed by atoms with van der Waals surface area (Å²) in [5.41, 5.74) is 3.49. The third kappa shape index (κ3) is 2.69. The van der Waals surface area contributed by atoms with Gasteiger partial charge in [-0.05, 0) is 37.6 Å². The van der Waals surface area contributed by atoms with E-state index in [9.17, 15) is 4.79 Å². The molecular formula is C14H14N2O. The number of pyridine rings is 1. The van der Waals surface area contributed by atoms with Gasteiger partial charge in [-0.2, -0.15) is 0 Å². The number of carbonyl (C=O) groups excluding carboxylic acids is 1. The summed E-state index contributed by atoms with van der Waals surface area (Å²) in [7, 11) is 0. The molecule has 0 fully saturated rings. The monoisotopic (exact) mass is 226 g/mol. The van der Waals surface area contributed by atoms with Crippen molar-refractivity contribution in [2.24, 2.45) is 0 Å². The molecule has 2 aromatic rings. The van der Waals surface area contributed by atoms with E-state index in [-0.39, 0.29) is 5.91 Å². The van der Waals surface area contributed by atoms with Crippen molar-refractivity contribution in [1.29, 1.82) is 0 Å². The topological polar surface area (TPSA) is 42.0 Å². The Morgan fingerprint density at radius 3 is 2.47 bits per heavy atom. The van der Waals surface area contributed by atoms with Crippen LogP contribution in [0, 0.1) is 13.8 Å². The normalized spacial score (nSPS) is 10.0. The molecule has 0 aliphatic heterocycles. The van der Waals surface area contributed by atoms with Crippen molar-refractivity contribution in [1.82, 2.24) is 4.98 Å². The van der Waals surface area contributed by atoms with Crippen LogP contribution < -0.4 is 5.32 Å². The van der Waals surface area contributed by atoms with Crippen molar-refractivity contribution < 1.29 is 4.79 Å². The first-order chi connectivity index (χ1) is 8.16. The van der Waals surface area contributed by atoms with Crippen LogP contribution in [0.3, 0.4) is 0 Å². The Labute approximate surface area is 101 Å². The number of hydrogen-bond donors (Lipinski definition) is 1. The standard InChI is InChI=1S/C14H14N2O/c1-10-3-5-12(6-4-10)16-14(17)13-9-15-8-7-11(13)2/h3-9H,1-2H3,(H,16,17). The molecule has 1 amide bonds. The molecule has 17 heavy (non-hydrogen) atoms. The Hall–Kier alpha value is -2.16. The summed E-state index contributed by atoms with van der Waals surface area (Å²) in [6.45, 7) is 3.91. The molecule has 1 heterocycles. The zero-order valence-corrected chi connectivity index (χ0v) is 9.90. The Morgan fingerprint density at radius 2 is 1.82 bits per heavy atom. The van der Waals surface area contributed by atoms with Gasteiger partial charge in [0.15, 0.2) is 0 Å². The maximum atomic E-state index is 12.0. The Balaban J connectivity index is 2.17. The van der Waals surface area contributed by atoms with E-state index in [2.05, 4.69) is 10.3 Å². The summed E-state index contributed by atoms with van der Waals surface area (Å²) < 4.78 is 0. The van der Waals surface area contributed by atoms with Gasteiger partial charge in [-0.1, -0.05) is 17.7 Å². The van der Waals surface area contributed by atoms with E-state index in [1.807, 2.05) is 44.2 Å². The van der Waals surface area contributed by atoms with Crippen LogP contribution in [0.25, 0.3) is 0 Å². The fourth-order valence-corrected chi connectivity index (χ4v) is 1.54. The number of nitrogens with one attached hydrogen (secondary N) is 1. The predicted octanol–water partition coefficient (Wildman–Crippen LogP) is 2.95. The van der Waals surface area contributed by atoms with Crippen molar-refractivity contribution in [2.75, 3.05) is 5.32 Å². The number of rotatable bonds is 2. The molecule has 0 saturated heterocycles. The van der Waals surface area contributed by atoms with Gasteiger partial charge in [0.1, 0.15) is 0 Å². The molecule has 2 rings (SSSR count). The minimum Gasteiger partial charge on any atom is -0.322 e. The summed E-state index contributed by atoms with van der Waals surface area (Å²) in [6.07, 6.45) is 3.26. The van der Waals surface area contributed by atoms with Crippen molar-refractivity contribution >= 4 is 11.6 Å². The SMILES string of the molecule is Cc1ccc(NC(=O)c2cnccc2C)cc1. The molecule has 86 valence electrons. The van der Waals surface area contributed by atoms with Gasteiger partial charge in [-0.25, -0.2) is 0 Å². The highest BCUT2D eigenvalue weighted by Gasteiger charge is 2.08. The van der Waals surface area contributed by atoms with E-state index in [1.54, 1.807) is 12.4 Å². The van der Waals surface area contributed by atoms with E-state index < -0.39 is 0 Å². The molecule has 3 nitrogen and oxygen atoms in total. The van der Waals surface area contributed by atoms with Crippen molar-refractivity contribution in [3.05, 3.63) is 59.4 Å². The molecule has 3 heteroatoms. The van der Waals surface area contributed by atoms with Gasteiger partial charge in [0.2, 0.25) is 0 Å². The molecule has 0 spiro atoms. The van der Waals surface area contributed by atoms with E-state index in [0.717, 1.165) is 11.3 Å². The lowest BCUT2D eigenvalue weighted by molar-refractivity contribution is 0.102. The molecule has 0 aliphatic carbocycles. The summed E-state index contributed by atoms with van der Waals surface area (Å²) in [5.74, 6) is -0.126. The number of benzene rings is 1. The summed E-state index contributed by atoms with van der Waals surface area (Å²) in [5, 5.41) is 2.85. The average Bonchev–Trinajstić information content (AvgIpc) is 2.32. The van der Waals surface area contributed by atoms with Crippen molar-refractivity contribution in [2.45, 2.75) is 13.8 Å². The Bertz CT molecular complexity index is 532. The third-order valence-corrected chi connectivity index (χ3v) is 2.59. The van der Waals surface area contributed by atoms with E-state index >= 15 is 0 Å². The van der Waals surface area contributed by atoms with Crippen molar-refractivity contribution in [3.63, 3.8) is 0 Å². The quantitative estimate of drug-likeness (QED) is 0.855. The first kappa shape index (κ1) is 11.3. The van der Waals surface area contributed by atoms with Crippen LogP contribution >= 0.6 is 0 Å². The smallest absolute Gasteiger partial charge is 0.257 e. The number of amides is 1. The largest absolute Gasteiger partial charge is 0.322 e. The van der Waals surface area contributed by atoms with Gasteiger partial charge in [-0.3, -0.25) is 9.78 Å². The highest BCUT2D eigenvalue weighted by atomic mass is 16.1. The number of hydrogen-bond acceptors (Lipinski definition) is 2. The van der Waals surface area contributed by atoms with E-state index in [0.29, 0.717) is 5.56 Å². The Kier molecular flexibility index (Phi) is 3.19. The van der Waals surface area contributed by atoms with Crippen LogP contribution in [0.5, 0.6) is 0 Å². The zero-order chi connectivity index (χ0) is 12.3. The average molecular weight is 226 g/mol. The van der Waals surface area contributed by atoms with Gasteiger partial charge in [0.25, 0.3) is 5.91 Å². The minimum absolute atomic E-state index is 0.126. The van der Waals surface area contributed by atoms with Crippen LogP contribution in [-0.2, 0) is 0 Å². The maximum Gasteiger partial charge on any atom is 0.257 e. The molecular weight excluding hydrogens is 212 g/mol. The first-order valence-corrected chi connectivity index (χ1v) is 5.45. The predicted molar refractivity (Wildman–Crippen MR) is 68.1 cm³/mol.